The minimum Gasteiger partial charge on any atom is -0.508 e. The maximum Gasteiger partial charge on any atom is 0.271 e. The van der Waals surface area contributed by atoms with E-state index in [1.54, 1.807) is 24.3 Å². The number of hydrogen-bond donors (Lipinski definition) is 4. The highest BCUT2D eigenvalue weighted by molar-refractivity contribution is 5.93. The fourth-order valence-electron chi connectivity index (χ4n) is 6.95. The van der Waals surface area contributed by atoms with Gasteiger partial charge >= 0.3 is 0 Å². The highest BCUT2D eigenvalue weighted by Gasteiger charge is 2.39. The number of aliphatic hydroxyl groups excluding tert-OH is 2. The topological polar surface area (TPSA) is 137 Å². The molecule has 5 aromatic carbocycles. The maximum absolute atomic E-state index is 13.1. The number of carbonyl (C=O) groups is 1. The number of hydrogen-bond acceptors (Lipinski definition) is 9. The van der Waals surface area contributed by atoms with Gasteiger partial charge in [0.2, 0.25) is 0 Å². The molecular formula is C44H44N4O6. The minimum atomic E-state index is -0.786. The van der Waals surface area contributed by atoms with Crippen LogP contribution in [-0.4, -0.2) is 62.3 Å². The molecule has 6 aromatic rings. The smallest absolute Gasteiger partial charge is 0.271 e. The first-order chi connectivity index (χ1) is 26.2. The zero-order valence-electron chi connectivity index (χ0n) is 30.2. The number of aliphatic hydroxyl groups is 2. The van der Waals surface area contributed by atoms with E-state index in [1.807, 2.05) is 109 Å². The van der Waals surface area contributed by atoms with Gasteiger partial charge in [0.05, 0.1) is 42.1 Å². The number of benzene rings is 5. The van der Waals surface area contributed by atoms with E-state index in [0.717, 1.165) is 38.9 Å². The van der Waals surface area contributed by atoms with Gasteiger partial charge in [-0.15, -0.1) is 0 Å². The van der Waals surface area contributed by atoms with Gasteiger partial charge in [0.15, 0.2) is 6.29 Å². The Morgan fingerprint density at radius 2 is 1.59 bits per heavy atom. The molecule has 0 bridgehead atoms. The van der Waals surface area contributed by atoms with Crippen molar-refractivity contribution in [3.8, 4) is 16.9 Å². The molecule has 0 aliphatic carbocycles. The molecule has 10 heteroatoms. The third-order valence-corrected chi connectivity index (χ3v) is 9.99. The average molecular weight is 725 g/mol. The normalized spacial score (nSPS) is 19.1. The largest absolute Gasteiger partial charge is 0.508 e. The fraction of sp³-hybridized carbons (Fsp3) is 0.250. The fourth-order valence-corrected chi connectivity index (χ4v) is 6.95. The van der Waals surface area contributed by atoms with E-state index in [4.69, 9.17) is 9.47 Å². The number of aromatic nitrogens is 2. The second-order valence-electron chi connectivity index (χ2n) is 13.9. The molecule has 0 spiro atoms. The predicted molar refractivity (Wildman–Crippen MR) is 206 cm³/mol. The number of para-hydroxylation sites is 2. The van der Waals surface area contributed by atoms with Crippen LogP contribution >= 0.6 is 0 Å². The number of ether oxygens (including phenoxy) is 2. The number of rotatable bonds is 12. The summed E-state index contributed by atoms with van der Waals surface area (Å²) in [6.45, 7) is 3.26. The van der Waals surface area contributed by atoms with Crippen LogP contribution in [0, 0.1) is 5.92 Å². The standard InChI is InChI=1S/C44H44N4O6/c1-28-41(26-48(2)25-40(51)33-9-7-10-35(50)22-33)53-44(54-42(28)31-16-14-29(27-49)15-17-31)32-20-18-30(19-21-32)36-11-4-3-8-34(36)23-46-43(52)39-24-45-37-12-5-6-13-38(37)47-39/h3-22,24,28,40-42,44,49-51H,23,25-27H2,1-2H3,(H,46,52)/t28-,40-,41+,42+,44+/m1/s1. The van der Waals surface area contributed by atoms with Crippen molar-refractivity contribution in [1.82, 2.24) is 20.2 Å². The molecule has 0 radical (unpaired) electrons. The van der Waals surface area contributed by atoms with Gasteiger partial charge in [-0.3, -0.25) is 9.78 Å². The first kappa shape index (κ1) is 36.9. The molecule has 1 aliphatic heterocycles. The van der Waals surface area contributed by atoms with Crippen LogP contribution < -0.4 is 5.32 Å². The average Bonchev–Trinajstić information content (AvgIpc) is 3.20. The Kier molecular flexibility index (Phi) is 11.4. The van der Waals surface area contributed by atoms with Gasteiger partial charge in [0.25, 0.3) is 5.91 Å². The summed E-state index contributed by atoms with van der Waals surface area (Å²) in [6, 6.07) is 38.0. The Hall–Kier alpha value is -5.49. The van der Waals surface area contributed by atoms with Gasteiger partial charge in [0, 0.05) is 31.1 Å². The molecule has 0 unspecified atom stereocenters. The summed E-state index contributed by atoms with van der Waals surface area (Å²) in [5.74, 6) is -0.223. The molecular weight excluding hydrogens is 681 g/mol. The monoisotopic (exact) mass is 724 g/mol. The summed E-state index contributed by atoms with van der Waals surface area (Å²) in [5, 5.41) is 33.5. The quantitative estimate of drug-likeness (QED) is 0.106. The molecule has 7 rings (SSSR count). The number of nitrogens with one attached hydrogen (secondary N) is 1. The number of fused-ring (bicyclic) bond motifs is 1. The third-order valence-electron chi connectivity index (χ3n) is 9.99. The second kappa shape index (κ2) is 16.7. The van der Waals surface area contributed by atoms with Crippen molar-refractivity contribution in [2.24, 2.45) is 5.92 Å². The van der Waals surface area contributed by atoms with E-state index < -0.39 is 12.4 Å². The molecule has 2 heterocycles. The van der Waals surface area contributed by atoms with E-state index in [2.05, 4.69) is 22.2 Å². The van der Waals surface area contributed by atoms with Crippen LogP contribution in [0.15, 0.2) is 128 Å². The van der Waals surface area contributed by atoms with Crippen molar-refractivity contribution >= 4 is 16.9 Å². The Bertz CT molecular complexity index is 2200. The number of nitrogens with zero attached hydrogens (tertiary/aromatic N) is 3. The lowest BCUT2D eigenvalue weighted by Crippen LogP contribution is -2.44. The highest BCUT2D eigenvalue weighted by Crippen LogP contribution is 2.42. The first-order valence-corrected chi connectivity index (χ1v) is 18.1. The van der Waals surface area contributed by atoms with Crippen molar-refractivity contribution in [3.63, 3.8) is 0 Å². The van der Waals surface area contributed by atoms with Crippen LogP contribution in [0.2, 0.25) is 0 Å². The van der Waals surface area contributed by atoms with Gasteiger partial charge in [-0.25, -0.2) is 4.98 Å². The molecule has 0 saturated carbocycles. The van der Waals surface area contributed by atoms with Gasteiger partial charge < -0.3 is 35.0 Å². The van der Waals surface area contributed by atoms with Crippen LogP contribution in [0.1, 0.15) is 63.7 Å². The summed E-state index contributed by atoms with van der Waals surface area (Å²) < 4.78 is 13.4. The van der Waals surface area contributed by atoms with Gasteiger partial charge in [-0.1, -0.05) is 104 Å². The summed E-state index contributed by atoms with van der Waals surface area (Å²) in [5.41, 5.74) is 7.89. The summed E-state index contributed by atoms with van der Waals surface area (Å²) in [7, 11) is 1.95. The zero-order valence-corrected chi connectivity index (χ0v) is 30.2. The van der Waals surface area contributed by atoms with Crippen LogP contribution in [0.4, 0.5) is 0 Å². The molecule has 1 saturated heterocycles. The summed E-state index contributed by atoms with van der Waals surface area (Å²) in [4.78, 5) is 23.9. The first-order valence-electron chi connectivity index (χ1n) is 18.1. The second-order valence-corrected chi connectivity index (χ2v) is 13.9. The highest BCUT2D eigenvalue weighted by atomic mass is 16.7. The van der Waals surface area contributed by atoms with Crippen molar-refractivity contribution in [3.05, 3.63) is 161 Å². The third kappa shape index (κ3) is 8.49. The number of aromatic hydroxyl groups is 1. The van der Waals surface area contributed by atoms with Crippen LogP contribution in [0.5, 0.6) is 5.75 Å². The molecule has 10 nitrogen and oxygen atoms in total. The number of likely N-dealkylation sites (N-methyl/N-ethyl adjacent to an activating group) is 1. The van der Waals surface area contributed by atoms with Gasteiger partial charge in [0.1, 0.15) is 11.4 Å². The van der Waals surface area contributed by atoms with E-state index in [1.165, 1.54) is 6.20 Å². The van der Waals surface area contributed by atoms with Crippen molar-refractivity contribution < 1.29 is 29.6 Å². The molecule has 54 heavy (non-hydrogen) atoms. The van der Waals surface area contributed by atoms with E-state index in [9.17, 15) is 20.1 Å². The molecule has 1 fully saturated rings. The van der Waals surface area contributed by atoms with Gasteiger partial charge in [-0.2, -0.15) is 0 Å². The van der Waals surface area contributed by atoms with Crippen LogP contribution in [0.3, 0.4) is 0 Å². The van der Waals surface area contributed by atoms with Gasteiger partial charge in [-0.05, 0) is 64.7 Å². The Balaban J connectivity index is 1.08. The van der Waals surface area contributed by atoms with Crippen molar-refractivity contribution in [2.45, 2.75) is 44.7 Å². The SMILES string of the molecule is C[C@@H]1[C@H](CN(C)C[C@@H](O)c2cccc(O)c2)O[C@H](c2ccc(-c3ccccc3CNC(=O)c3cnc4ccccc4n3)cc2)O[C@@H]1c1ccc(CO)cc1. The van der Waals surface area contributed by atoms with Crippen LogP contribution in [-0.2, 0) is 22.6 Å². The zero-order chi connectivity index (χ0) is 37.6. The molecule has 1 aromatic heterocycles. The molecule has 4 N–H and O–H groups in total. The molecule has 276 valence electrons. The minimum absolute atomic E-state index is 0.0384. The van der Waals surface area contributed by atoms with Crippen molar-refractivity contribution in [1.29, 1.82) is 0 Å². The Morgan fingerprint density at radius 3 is 2.35 bits per heavy atom. The number of carbonyl (C=O) groups excluding carboxylic acids is 1. The maximum atomic E-state index is 13.1. The van der Waals surface area contributed by atoms with E-state index >= 15 is 0 Å². The summed E-state index contributed by atoms with van der Waals surface area (Å²) >= 11 is 0. The Labute approximate surface area is 314 Å². The molecule has 1 aliphatic rings. The lowest BCUT2D eigenvalue weighted by atomic mass is 9.90. The van der Waals surface area contributed by atoms with Crippen molar-refractivity contribution in [2.75, 3.05) is 20.1 Å². The molecule has 1 amide bonds. The lowest BCUT2D eigenvalue weighted by Gasteiger charge is -2.42. The number of amides is 1. The van der Waals surface area contributed by atoms with E-state index in [-0.39, 0.29) is 42.1 Å². The summed E-state index contributed by atoms with van der Waals surface area (Å²) in [6.07, 6.45) is -0.488. The van der Waals surface area contributed by atoms with E-state index in [0.29, 0.717) is 30.7 Å². The Morgan fingerprint density at radius 1 is 0.870 bits per heavy atom. The number of phenolic OH excluding ortho intramolecular Hbond substituents is 1. The predicted octanol–water partition coefficient (Wildman–Crippen LogP) is 6.88. The number of phenols is 1. The molecule has 5 atom stereocenters. The van der Waals surface area contributed by atoms with Crippen LogP contribution in [0.25, 0.3) is 22.2 Å². The lowest BCUT2D eigenvalue weighted by molar-refractivity contribution is -0.276.